The van der Waals surface area contributed by atoms with Crippen LogP contribution >= 0.6 is 15.9 Å². The Labute approximate surface area is 64.8 Å². The van der Waals surface area contributed by atoms with Crippen LogP contribution in [0.4, 0.5) is 0 Å². The second kappa shape index (κ2) is 2.70. The molecule has 0 aliphatic heterocycles. The Morgan fingerprint density at radius 3 is 2.44 bits per heavy atom. The average Bonchev–Trinajstić information content (AvgIpc) is 1.80. The molecule has 0 amide bonds. The van der Waals surface area contributed by atoms with Gasteiger partial charge < -0.3 is 0 Å². The Balaban J connectivity index is 2.70. The summed E-state index contributed by atoms with van der Waals surface area (Å²) in [5, 5.41) is 0. The van der Waals surface area contributed by atoms with E-state index in [1.807, 2.05) is 0 Å². The van der Waals surface area contributed by atoms with Crippen LogP contribution in [-0.4, -0.2) is 0 Å². The lowest BCUT2D eigenvalue weighted by Crippen LogP contribution is -2.04. The fourth-order valence-corrected chi connectivity index (χ4v) is 1.45. The molecule has 0 N–H and O–H groups in total. The molecule has 2 unspecified atom stereocenters. The van der Waals surface area contributed by atoms with Crippen LogP contribution in [0.2, 0.25) is 0 Å². The van der Waals surface area contributed by atoms with Crippen molar-refractivity contribution >= 4 is 15.9 Å². The molecule has 0 saturated heterocycles. The second-order valence-corrected chi connectivity index (χ2v) is 3.54. The van der Waals surface area contributed by atoms with Gasteiger partial charge in [-0.05, 0) is 11.8 Å². The van der Waals surface area contributed by atoms with Gasteiger partial charge in [-0.3, -0.25) is 0 Å². The molecular formula is C8H11Br. The molecule has 1 aliphatic rings. The van der Waals surface area contributed by atoms with Crippen LogP contribution in [0, 0.1) is 11.8 Å². The van der Waals surface area contributed by atoms with Crippen LogP contribution in [0.5, 0.6) is 0 Å². The van der Waals surface area contributed by atoms with Crippen molar-refractivity contribution in [3.05, 3.63) is 22.7 Å². The molecule has 0 aromatic heterocycles. The first kappa shape index (κ1) is 7.07. The molecule has 0 radical (unpaired) electrons. The van der Waals surface area contributed by atoms with E-state index in [1.54, 1.807) is 0 Å². The molecule has 0 spiro atoms. The molecule has 0 heterocycles. The maximum Gasteiger partial charge on any atom is 0.0135 e. The monoisotopic (exact) mass is 186 g/mol. The van der Waals surface area contributed by atoms with Gasteiger partial charge in [0.25, 0.3) is 0 Å². The van der Waals surface area contributed by atoms with Crippen molar-refractivity contribution in [1.29, 1.82) is 0 Å². The highest BCUT2D eigenvalue weighted by Gasteiger charge is 2.09. The largest absolute Gasteiger partial charge is 0.0800 e. The highest BCUT2D eigenvalue weighted by molar-refractivity contribution is 9.11. The molecule has 0 nitrogen and oxygen atoms in total. The van der Waals surface area contributed by atoms with E-state index < -0.39 is 0 Å². The van der Waals surface area contributed by atoms with Crippen molar-refractivity contribution in [2.75, 3.05) is 0 Å². The summed E-state index contributed by atoms with van der Waals surface area (Å²) in [6, 6.07) is 0. The Morgan fingerprint density at radius 2 is 2.00 bits per heavy atom. The van der Waals surface area contributed by atoms with E-state index in [0.29, 0.717) is 11.8 Å². The first-order chi connectivity index (χ1) is 4.20. The molecule has 0 aromatic rings. The Hall–Kier alpha value is -0.0400. The highest BCUT2D eigenvalue weighted by Crippen LogP contribution is 2.24. The van der Waals surface area contributed by atoms with Crippen LogP contribution in [0.1, 0.15) is 13.8 Å². The number of hydrogen-bond donors (Lipinski definition) is 0. The van der Waals surface area contributed by atoms with Crippen molar-refractivity contribution in [3.63, 3.8) is 0 Å². The third kappa shape index (κ3) is 1.68. The SMILES string of the molecule is CC1C=CC(Br)=CC1C. The summed E-state index contributed by atoms with van der Waals surface area (Å²) >= 11 is 3.43. The summed E-state index contributed by atoms with van der Waals surface area (Å²) in [6.45, 7) is 4.46. The minimum absolute atomic E-state index is 0.685. The van der Waals surface area contributed by atoms with Gasteiger partial charge in [-0.25, -0.2) is 0 Å². The van der Waals surface area contributed by atoms with Gasteiger partial charge in [-0.2, -0.15) is 0 Å². The first-order valence-electron chi connectivity index (χ1n) is 3.25. The lowest BCUT2D eigenvalue weighted by molar-refractivity contribution is 0.551. The normalized spacial score (nSPS) is 34.3. The number of halogens is 1. The van der Waals surface area contributed by atoms with Gasteiger partial charge in [0.1, 0.15) is 0 Å². The van der Waals surface area contributed by atoms with E-state index in [9.17, 15) is 0 Å². The lowest BCUT2D eigenvalue weighted by Gasteiger charge is -2.15. The molecule has 0 bridgehead atoms. The Bertz CT molecular complexity index is 156. The Morgan fingerprint density at radius 1 is 1.33 bits per heavy atom. The predicted molar refractivity (Wildman–Crippen MR) is 44.5 cm³/mol. The molecule has 1 rings (SSSR count). The van der Waals surface area contributed by atoms with E-state index in [-0.39, 0.29) is 0 Å². The molecule has 9 heavy (non-hydrogen) atoms. The van der Waals surface area contributed by atoms with Crippen molar-refractivity contribution in [3.8, 4) is 0 Å². The van der Waals surface area contributed by atoms with Gasteiger partial charge >= 0.3 is 0 Å². The molecule has 1 heteroatoms. The van der Waals surface area contributed by atoms with E-state index in [4.69, 9.17) is 0 Å². The molecule has 0 fully saturated rings. The van der Waals surface area contributed by atoms with Crippen LogP contribution in [0.25, 0.3) is 0 Å². The van der Waals surface area contributed by atoms with Crippen LogP contribution in [-0.2, 0) is 0 Å². The average molecular weight is 187 g/mol. The summed E-state index contributed by atoms with van der Waals surface area (Å²) in [7, 11) is 0. The molecular weight excluding hydrogens is 176 g/mol. The minimum atomic E-state index is 0.685. The standard InChI is InChI=1S/C8H11Br/c1-6-3-4-8(9)5-7(6)2/h3-7H,1-2H3. The third-order valence-corrected chi connectivity index (χ3v) is 2.34. The highest BCUT2D eigenvalue weighted by atomic mass is 79.9. The van der Waals surface area contributed by atoms with Crippen molar-refractivity contribution in [2.24, 2.45) is 11.8 Å². The number of rotatable bonds is 0. The molecule has 0 saturated carbocycles. The third-order valence-electron chi connectivity index (χ3n) is 1.81. The molecule has 1 aliphatic carbocycles. The van der Waals surface area contributed by atoms with Gasteiger partial charge in [-0.15, -0.1) is 0 Å². The zero-order valence-corrected chi connectivity index (χ0v) is 7.35. The van der Waals surface area contributed by atoms with Crippen molar-refractivity contribution < 1.29 is 0 Å². The van der Waals surface area contributed by atoms with Crippen LogP contribution in [0.15, 0.2) is 22.7 Å². The van der Waals surface area contributed by atoms with Crippen LogP contribution < -0.4 is 0 Å². The predicted octanol–water partition coefficient (Wildman–Crippen LogP) is 3.11. The summed E-state index contributed by atoms with van der Waals surface area (Å²) in [6.07, 6.45) is 6.59. The van der Waals surface area contributed by atoms with E-state index in [2.05, 4.69) is 48.0 Å². The maximum absolute atomic E-state index is 3.43. The lowest BCUT2D eigenvalue weighted by atomic mass is 9.92. The van der Waals surface area contributed by atoms with Crippen LogP contribution in [0.3, 0.4) is 0 Å². The summed E-state index contributed by atoms with van der Waals surface area (Å²) in [5.41, 5.74) is 0. The molecule has 2 atom stereocenters. The maximum atomic E-state index is 3.43. The quantitative estimate of drug-likeness (QED) is 0.546. The van der Waals surface area contributed by atoms with Gasteiger partial charge in [-0.1, -0.05) is 48.0 Å². The summed E-state index contributed by atoms with van der Waals surface area (Å²) < 4.78 is 1.22. The van der Waals surface area contributed by atoms with E-state index in [1.165, 1.54) is 4.48 Å². The number of allylic oxidation sites excluding steroid dienone is 4. The van der Waals surface area contributed by atoms with E-state index >= 15 is 0 Å². The van der Waals surface area contributed by atoms with Crippen molar-refractivity contribution in [1.82, 2.24) is 0 Å². The van der Waals surface area contributed by atoms with Gasteiger partial charge in [0.2, 0.25) is 0 Å². The number of hydrogen-bond acceptors (Lipinski definition) is 0. The summed E-state index contributed by atoms with van der Waals surface area (Å²) in [5.74, 6) is 1.38. The Kier molecular flexibility index (Phi) is 2.12. The second-order valence-electron chi connectivity index (χ2n) is 2.63. The minimum Gasteiger partial charge on any atom is -0.0800 e. The van der Waals surface area contributed by atoms with Gasteiger partial charge in [0, 0.05) is 4.48 Å². The smallest absolute Gasteiger partial charge is 0.0135 e. The van der Waals surface area contributed by atoms with E-state index in [0.717, 1.165) is 0 Å². The molecule has 50 valence electrons. The molecule has 0 aromatic carbocycles. The zero-order chi connectivity index (χ0) is 6.85. The van der Waals surface area contributed by atoms with Gasteiger partial charge in [0.15, 0.2) is 0 Å². The zero-order valence-electron chi connectivity index (χ0n) is 5.76. The fraction of sp³-hybridized carbons (Fsp3) is 0.500. The summed E-state index contributed by atoms with van der Waals surface area (Å²) in [4.78, 5) is 0. The van der Waals surface area contributed by atoms with Gasteiger partial charge in [0.05, 0.1) is 0 Å². The fourth-order valence-electron chi connectivity index (χ4n) is 0.877. The van der Waals surface area contributed by atoms with Crippen molar-refractivity contribution in [2.45, 2.75) is 13.8 Å². The topological polar surface area (TPSA) is 0 Å². The first-order valence-corrected chi connectivity index (χ1v) is 4.05.